The third kappa shape index (κ3) is 1.27. The predicted octanol–water partition coefficient (Wildman–Crippen LogP) is 0.838. The summed E-state index contributed by atoms with van der Waals surface area (Å²) in [7, 11) is 0. The van der Waals surface area contributed by atoms with E-state index in [4.69, 9.17) is 10.5 Å². The molecule has 5 heteroatoms. The van der Waals surface area contributed by atoms with E-state index < -0.39 is 0 Å². The molecule has 0 amide bonds. The van der Waals surface area contributed by atoms with Crippen molar-refractivity contribution in [2.24, 2.45) is 10.7 Å². The molecule has 1 aromatic heterocycles. The molecule has 1 aromatic rings. The molecule has 1 atom stereocenters. The van der Waals surface area contributed by atoms with Crippen LogP contribution in [-0.2, 0) is 4.74 Å². The van der Waals surface area contributed by atoms with Crippen LogP contribution in [0.1, 0.15) is 16.7 Å². The number of nitrogens with two attached hydrogens (primary N) is 1. The van der Waals surface area contributed by atoms with Gasteiger partial charge in [-0.05, 0) is 6.92 Å². The molecule has 0 radical (unpaired) electrons. The molecule has 1 aliphatic heterocycles. The lowest BCUT2D eigenvalue weighted by Crippen LogP contribution is -2.10. The van der Waals surface area contributed by atoms with Gasteiger partial charge in [-0.3, -0.25) is 0 Å². The van der Waals surface area contributed by atoms with Crippen LogP contribution in [0.3, 0.4) is 0 Å². The highest BCUT2D eigenvalue weighted by Gasteiger charge is 2.20. The molecule has 64 valence electrons. The molecule has 1 aliphatic rings. The maximum absolute atomic E-state index is 5.37. The number of aryl methyl sites for hydroxylation is 1. The van der Waals surface area contributed by atoms with Crippen LogP contribution in [0.2, 0.25) is 0 Å². The van der Waals surface area contributed by atoms with Crippen LogP contribution in [0.15, 0.2) is 10.4 Å². The highest BCUT2D eigenvalue weighted by Crippen LogP contribution is 2.22. The molecule has 2 rings (SSSR count). The molecule has 0 spiro atoms. The van der Waals surface area contributed by atoms with Crippen LogP contribution in [0.4, 0.5) is 0 Å². The van der Waals surface area contributed by atoms with Crippen LogP contribution < -0.4 is 5.73 Å². The summed E-state index contributed by atoms with van der Waals surface area (Å²) >= 11 is 1.62. The number of aromatic nitrogens is 1. The summed E-state index contributed by atoms with van der Waals surface area (Å²) < 4.78 is 5.02. The lowest BCUT2D eigenvalue weighted by Gasteiger charge is -1.97. The first-order valence-corrected chi connectivity index (χ1v) is 4.52. The van der Waals surface area contributed by atoms with Crippen LogP contribution in [-0.4, -0.2) is 17.6 Å². The van der Waals surface area contributed by atoms with Crippen molar-refractivity contribution in [3.63, 3.8) is 0 Å². The fourth-order valence-corrected chi connectivity index (χ4v) is 1.74. The number of hydrogen-bond acceptors (Lipinski definition) is 5. The van der Waals surface area contributed by atoms with E-state index in [2.05, 4.69) is 9.98 Å². The fourth-order valence-electron chi connectivity index (χ4n) is 1.08. The maximum atomic E-state index is 5.37. The average Bonchev–Trinajstić information content (AvgIpc) is 2.58. The van der Waals surface area contributed by atoms with Crippen molar-refractivity contribution in [2.75, 3.05) is 6.61 Å². The van der Waals surface area contributed by atoms with E-state index in [-0.39, 0.29) is 12.1 Å². The van der Waals surface area contributed by atoms with Gasteiger partial charge in [-0.2, -0.15) is 0 Å². The summed E-state index contributed by atoms with van der Waals surface area (Å²) in [6, 6.07) is 0.278. The Labute approximate surface area is 74.1 Å². The summed E-state index contributed by atoms with van der Waals surface area (Å²) in [5.41, 5.74) is 6.33. The van der Waals surface area contributed by atoms with E-state index in [0.29, 0.717) is 6.61 Å². The van der Waals surface area contributed by atoms with Crippen molar-refractivity contribution < 1.29 is 4.74 Å². The van der Waals surface area contributed by atoms with Gasteiger partial charge in [-0.15, -0.1) is 11.3 Å². The van der Waals surface area contributed by atoms with E-state index >= 15 is 0 Å². The topological polar surface area (TPSA) is 60.5 Å². The van der Waals surface area contributed by atoms with Crippen LogP contribution >= 0.6 is 11.3 Å². The molecule has 0 aliphatic carbocycles. The first kappa shape index (κ1) is 7.54. The van der Waals surface area contributed by atoms with Gasteiger partial charge in [0.15, 0.2) is 0 Å². The van der Waals surface area contributed by atoms with Crippen LogP contribution in [0.5, 0.6) is 0 Å². The Bertz CT molecular complexity index is 320. The fraction of sp³-hybridized carbons (Fsp3) is 0.429. The summed E-state index contributed by atoms with van der Waals surface area (Å²) in [6.45, 7) is 2.49. The molecule has 2 heterocycles. The Morgan fingerprint density at radius 1 is 1.75 bits per heavy atom. The molecule has 2 N–H and O–H groups in total. The Hall–Kier alpha value is -1.10. The lowest BCUT2D eigenvalue weighted by atomic mass is 10.3. The number of hydrogen-bond donors (Lipinski definition) is 1. The van der Waals surface area contributed by atoms with Crippen molar-refractivity contribution >= 4 is 17.4 Å². The zero-order chi connectivity index (χ0) is 8.55. The SMILES string of the molecule is Cc1nc(C2COC(N)=N2)cs1. The standard InChI is InChI=1S/C7H9N3OS/c1-4-9-6(3-12-4)5-2-11-7(8)10-5/h3,5H,2H2,1H3,(H2,8,10). The second-order valence-corrected chi connectivity index (χ2v) is 3.65. The van der Waals surface area contributed by atoms with Gasteiger partial charge in [-0.25, -0.2) is 9.98 Å². The van der Waals surface area contributed by atoms with Crippen molar-refractivity contribution in [2.45, 2.75) is 13.0 Å². The summed E-state index contributed by atoms with van der Waals surface area (Å²) in [6.07, 6.45) is 0. The molecule has 0 saturated heterocycles. The number of aliphatic imine (C=N–C) groups is 1. The number of ether oxygens (including phenoxy) is 1. The molecule has 1 unspecified atom stereocenters. The Kier molecular flexibility index (Phi) is 1.73. The monoisotopic (exact) mass is 183 g/mol. The summed E-state index contributed by atoms with van der Waals surface area (Å²) in [4.78, 5) is 8.39. The molecule has 0 bridgehead atoms. The average molecular weight is 183 g/mol. The van der Waals surface area contributed by atoms with Crippen molar-refractivity contribution in [1.29, 1.82) is 0 Å². The van der Waals surface area contributed by atoms with Gasteiger partial charge in [0.1, 0.15) is 12.6 Å². The Morgan fingerprint density at radius 3 is 3.08 bits per heavy atom. The zero-order valence-electron chi connectivity index (χ0n) is 6.65. The quantitative estimate of drug-likeness (QED) is 0.701. The smallest absolute Gasteiger partial charge is 0.282 e. The zero-order valence-corrected chi connectivity index (χ0v) is 7.47. The first-order valence-electron chi connectivity index (χ1n) is 3.64. The highest BCUT2D eigenvalue weighted by molar-refractivity contribution is 7.09. The minimum absolute atomic E-state index is 0.00921. The minimum Gasteiger partial charge on any atom is -0.463 e. The number of amidine groups is 1. The molecule has 0 aromatic carbocycles. The van der Waals surface area contributed by atoms with Crippen molar-refractivity contribution in [1.82, 2.24) is 4.98 Å². The number of rotatable bonds is 1. The lowest BCUT2D eigenvalue weighted by molar-refractivity contribution is 0.313. The van der Waals surface area contributed by atoms with Gasteiger partial charge < -0.3 is 10.5 Å². The Balaban J connectivity index is 2.21. The van der Waals surface area contributed by atoms with E-state index in [1.54, 1.807) is 11.3 Å². The van der Waals surface area contributed by atoms with E-state index in [0.717, 1.165) is 10.7 Å². The normalized spacial score (nSPS) is 22.1. The van der Waals surface area contributed by atoms with Gasteiger partial charge in [-0.1, -0.05) is 0 Å². The predicted molar refractivity (Wildman–Crippen MR) is 47.2 cm³/mol. The molecule has 0 saturated carbocycles. The Morgan fingerprint density at radius 2 is 2.58 bits per heavy atom. The van der Waals surface area contributed by atoms with Crippen LogP contribution in [0, 0.1) is 6.92 Å². The summed E-state index contributed by atoms with van der Waals surface area (Å²) in [5, 5.41) is 3.04. The van der Waals surface area contributed by atoms with Crippen LogP contribution in [0.25, 0.3) is 0 Å². The van der Waals surface area contributed by atoms with Gasteiger partial charge in [0.25, 0.3) is 6.02 Å². The second-order valence-electron chi connectivity index (χ2n) is 2.59. The van der Waals surface area contributed by atoms with E-state index in [1.165, 1.54) is 0 Å². The number of thiazole rings is 1. The van der Waals surface area contributed by atoms with Crippen molar-refractivity contribution in [3.05, 3.63) is 16.1 Å². The minimum atomic E-state index is 0.00921. The largest absolute Gasteiger partial charge is 0.463 e. The molecular weight excluding hydrogens is 174 g/mol. The van der Waals surface area contributed by atoms with E-state index in [1.807, 2.05) is 12.3 Å². The van der Waals surface area contributed by atoms with Gasteiger partial charge in [0.2, 0.25) is 0 Å². The third-order valence-corrected chi connectivity index (χ3v) is 2.44. The second kappa shape index (κ2) is 2.75. The highest BCUT2D eigenvalue weighted by atomic mass is 32.1. The molecule has 4 nitrogen and oxygen atoms in total. The number of nitrogens with zero attached hydrogens (tertiary/aromatic N) is 2. The summed E-state index contributed by atoms with van der Waals surface area (Å²) in [5.74, 6) is 0. The molecule has 0 fully saturated rings. The first-order chi connectivity index (χ1) is 5.75. The third-order valence-electron chi connectivity index (χ3n) is 1.65. The van der Waals surface area contributed by atoms with E-state index in [9.17, 15) is 0 Å². The maximum Gasteiger partial charge on any atom is 0.282 e. The van der Waals surface area contributed by atoms with Gasteiger partial charge in [0.05, 0.1) is 10.7 Å². The van der Waals surface area contributed by atoms with Gasteiger partial charge >= 0.3 is 0 Å². The molecular formula is C7H9N3OS. The molecule has 12 heavy (non-hydrogen) atoms. The van der Waals surface area contributed by atoms with Crippen molar-refractivity contribution in [3.8, 4) is 0 Å². The van der Waals surface area contributed by atoms with Gasteiger partial charge in [0, 0.05) is 5.38 Å².